The minimum atomic E-state index is -3.36. The van der Waals surface area contributed by atoms with E-state index in [1.165, 1.54) is 22.7 Å². The number of hydrogen-bond donors (Lipinski definition) is 1. The highest BCUT2D eigenvalue weighted by Crippen LogP contribution is 2.41. The highest BCUT2D eigenvalue weighted by Gasteiger charge is 2.36. The smallest absolute Gasteiger partial charge is 0.251 e. The van der Waals surface area contributed by atoms with Crippen molar-refractivity contribution in [3.05, 3.63) is 65.0 Å². The van der Waals surface area contributed by atoms with Crippen molar-refractivity contribution in [1.29, 1.82) is 0 Å². The molecule has 1 atom stereocenters. The van der Waals surface area contributed by atoms with Gasteiger partial charge in [-0.05, 0) is 67.6 Å². The van der Waals surface area contributed by atoms with Gasteiger partial charge in [0.05, 0.1) is 11.9 Å². The molecule has 0 aromatic heterocycles. The zero-order valence-electron chi connectivity index (χ0n) is 17.3. The molecule has 1 unspecified atom stereocenters. The van der Waals surface area contributed by atoms with Crippen LogP contribution in [-0.2, 0) is 21.9 Å². The number of fused-ring (bicyclic) bond motifs is 1. The second-order valence-corrected chi connectivity index (χ2v) is 10.5. The van der Waals surface area contributed by atoms with Crippen molar-refractivity contribution in [3.63, 3.8) is 0 Å². The van der Waals surface area contributed by atoms with Gasteiger partial charge in [-0.2, -0.15) is 0 Å². The van der Waals surface area contributed by atoms with Crippen LogP contribution in [0.2, 0.25) is 0 Å². The highest BCUT2D eigenvalue weighted by molar-refractivity contribution is 7.92. The number of benzene rings is 2. The van der Waals surface area contributed by atoms with Gasteiger partial charge in [0, 0.05) is 23.6 Å². The number of sulfonamides is 1. The molecule has 1 aliphatic carbocycles. The maximum atomic E-state index is 13.4. The third kappa shape index (κ3) is 3.83. The van der Waals surface area contributed by atoms with Crippen molar-refractivity contribution in [2.24, 2.45) is 0 Å². The molecule has 2 aromatic rings. The molecule has 1 N–H and O–H groups in total. The predicted molar refractivity (Wildman–Crippen MR) is 116 cm³/mol. The first kappa shape index (κ1) is 20.8. The summed E-state index contributed by atoms with van der Waals surface area (Å²) in [5.41, 5.74) is 2.95. The summed E-state index contributed by atoms with van der Waals surface area (Å²) in [5.74, 6) is -0.428. The number of carbonyl (C=O) groups is 1. The van der Waals surface area contributed by atoms with Crippen molar-refractivity contribution in [2.75, 3.05) is 17.1 Å². The molecule has 30 heavy (non-hydrogen) atoms. The highest BCUT2D eigenvalue weighted by atomic mass is 32.2. The summed E-state index contributed by atoms with van der Waals surface area (Å²) in [6.45, 7) is 2.37. The standard InChI is InChI=1S/C23H27FN2O3S/c1-16-13-18-14-17(5-10-21(18)26(16)30(2,28)29)22(27)25-15-23(11-3-4-12-23)19-6-8-20(24)9-7-19/h5-10,14,16H,3-4,11-13,15H2,1-2H3,(H,25,27). The molecule has 0 spiro atoms. The molecule has 1 fully saturated rings. The SMILES string of the molecule is CC1Cc2cc(C(=O)NCC3(c4ccc(F)cc4)CCCC3)ccc2N1S(C)(=O)=O. The molecule has 1 saturated carbocycles. The molecular weight excluding hydrogens is 403 g/mol. The first-order valence-electron chi connectivity index (χ1n) is 10.4. The Labute approximate surface area is 177 Å². The minimum Gasteiger partial charge on any atom is -0.351 e. The van der Waals surface area contributed by atoms with Crippen molar-refractivity contribution in [1.82, 2.24) is 5.32 Å². The van der Waals surface area contributed by atoms with Crippen LogP contribution in [0.25, 0.3) is 0 Å². The summed E-state index contributed by atoms with van der Waals surface area (Å²) in [7, 11) is -3.36. The van der Waals surface area contributed by atoms with Crippen LogP contribution >= 0.6 is 0 Å². The summed E-state index contributed by atoms with van der Waals surface area (Å²) >= 11 is 0. The van der Waals surface area contributed by atoms with E-state index in [2.05, 4.69) is 5.32 Å². The second-order valence-electron chi connectivity index (χ2n) is 8.63. The molecule has 5 nitrogen and oxygen atoms in total. The fraction of sp³-hybridized carbons (Fsp3) is 0.435. The second kappa shape index (κ2) is 7.69. The first-order chi connectivity index (χ1) is 14.2. The number of amides is 1. The lowest BCUT2D eigenvalue weighted by Gasteiger charge is -2.30. The Morgan fingerprint density at radius 2 is 1.83 bits per heavy atom. The summed E-state index contributed by atoms with van der Waals surface area (Å²) < 4.78 is 39.0. The predicted octanol–water partition coefficient (Wildman–Crippen LogP) is 3.78. The van der Waals surface area contributed by atoms with Crippen LogP contribution in [0.5, 0.6) is 0 Å². The van der Waals surface area contributed by atoms with Gasteiger partial charge in [-0.1, -0.05) is 25.0 Å². The average Bonchev–Trinajstić information content (AvgIpc) is 3.30. The van der Waals surface area contributed by atoms with Crippen LogP contribution in [0.3, 0.4) is 0 Å². The van der Waals surface area contributed by atoms with Crippen LogP contribution in [0.15, 0.2) is 42.5 Å². The van der Waals surface area contributed by atoms with Gasteiger partial charge >= 0.3 is 0 Å². The van der Waals surface area contributed by atoms with Gasteiger partial charge in [-0.15, -0.1) is 0 Å². The lowest BCUT2D eigenvalue weighted by Crippen LogP contribution is -2.39. The molecule has 1 heterocycles. The fourth-order valence-corrected chi connectivity index (χ4v) is 6.29. The van der Waals surface area contributed by atoms with E-state index in [-0.39, 0.29) is 23.2 Å². The number of halogens is 1. The summed E-state index contributed by atoms with van der Waals surface area (Å²) in [4.78, 5) is 12.9. The molecule has 2 aromatic carbocycles. The van der Waals surface area contributed by atoms with E-state index < -0.39 is 10.0 Å². The Kier molecular flexibility index (Phi) is 5.34. The van der Waals surface area contributed by atoms with Gasteiger partial charge < -0.3 is 5.32 Å². The zero-order valence-corrected chi connectivity index (χ0v) is 18.1. The van der Waals surface area contributed by atoms with Gasteiger partial charge in [-0.3, -0.25) is 9.10 Å². The quantitative estimate of drug-likeness (QED) is 0.785. The molecule has 160 valence electrons. The molecule has 0 radical (unpaired) electrons. The molecule has 0 saturated heterocycles. The molecule has 2 aliphatic rings. The van der Waals surface area contributed by atoms with Crippen molar-refractivity contribution >= 4 is 21.6 Å². The fourth-order valence-electron chi connectivity index (χ4n) is 5.02. The normalized spacial score (nSPS) is 20.2. The summed E-state index contributed by atoms with van der Waals surface area (Å²) in [6.07, 6.45) is 5.89. The lowest BCUT2D eigenvalue weighted by molar-refractivity contribution is 0.0943. The van der Waals surface area contributed by atoms with Gasteiger partial charge in [0.25, 0.3) is 5.91 Å². The van der Waals surface area contributed by atoms with E-state index in [0.29, 0.717) is 24.2 Å². The van der Waals surface area contributed by atoms with E-state index in [1.807, 2.05) is 19.1 Å². The van der Waals surface area contributed by atoms with Crippen molar-refractivity contribution < 1.29 is 17.6 Å². The van der Waals surface area contributed by atoms with E-state index in [4.69, 9.17) is 0 Å². The molecule has 0 bridgehead atoms. The number of rotatable bonds is 5. The topological polar surface area (TPSA) is 66.5 Å². The summed E-state index contributed by atoms with van der Waals surface area (Å²) in [6, 6.07) is 11.6. The van der Waals surface area contributed by atoms with E-state index in [1.54, 1.807) is 18.2 Å². The van der Waals surface area contributed by atoms with Crippen LogP contribution < -0.4 is 9.62 Å². The zero-order chi connectivity index (χ0) is 21.5. The number of hydrogen-bond acceptors (Lipinski definition) is 3. The first-order valence-corrected chi connectivity index (χ1v) is 12.2. The van der Waals surface area contributed by atoms with E-state index in [0.717, 1.165) is 36.8 Å². The van der Waals surface area contributed by atoms with Gasteiger partial charge in [0.15, 0.2) is 0 Å². The number of nitrogens with zero attached hydrogens (tertiary/aromatic N) is 1. The van der Waals surface area contributed by atoms with Gasteiger partial charge in [-0.25, -0.2) is 12.8 Å². The Hall–Kier alpha value is -2.41. The Balaban J connectivity index is 1.52. The maximum absolute atomic E-state index is 13.4. The van der Waals surface area contributed by atoms with Crippen LogP contribution in [0, 0.1) is 5.82 Å². The third-order valence-electron chi connectivity index (χ3n) is 6.46. The Morgan fingerprint density at radius 1 is 1.17 bits per heavy atom. The average molecular weight is 431 g/mol. The van der Waals surface area contributed by atoms with E-state index in [9.17, 15) is 17.6 Å². The van der Waals surface area contributed by atoms with Gasteiger partial charge in [0.2, 0.25) is 10.0 Å². The molecule has 1 aliphatic heterocycles. The van der Waals surface area contributed by atoms with Crippen molar-refractivity contribution in [2.45, 2.75) is 50.5 Å². The Bertz CT molecular complexity index is 1060. The van der Waals surface area contributed by atoms with Crippen molar-refractivity contribution in [3.8, 4) is 0 Å². The number of nitrogens with one attached hydrogen (secondary N) is 1. The lowest BCUT2D eigenvalue weighted by atomic mass is 9.78. The Morgan fingerprint density at radius 3 is 2.47 bits per heavy atom. The van der Waals surface area contributed by atoms with Crippen LogP contribution in [0.4, 0.5) is 10.1 Å². The molecule has 7 heteroatoms. The van der Waals surface area contributed by atoms with Gasteiger partial charge in [0.1, 0.15) is 5.82 Å². The molecule has 1 amide bonds. The maximum Gasteiger partial charge on any atom is 0.251 e. The summed E-state index contributed by atoms with van der Waals surface area (Å²) in [5, 5.41) is 3.07. The number of carbonyl (C=O) groups excluding carboxylic acids is 1. The largest absolute Gasteiger partial charge is 0.351 e. The molecule has 4 rings (SSSR count). The van der Waals surface area contributed by atoms with Crippen LogP contribution in [0.1, 0.15) is 54.1 Å². The van der Waals surface area contributed by atoms with E-state index >= 15 is 0 Å². The monoisotopic (exact) mass is 430 g/mol. The molecular formula is C23H27FN2O3S. The van der Waals surface area contributed by atoms with Crippen LogP contribution in [-0.4, -0.2) is 33.2 Å². The third-order valence-corrected chi connectivity index (χ3v) is 7.73. The number of anilines is 1. The minimum absolute atomic E-state index is 0.159.